The van der Waals surface area contributed by atoms with Gasteiger partial charge in [-0.25, -0.2) is 8.78 Å². The number of alkyl halides is 5. The monoisotopic (exact) mass is 874 g/mol. The summed E-state index contributed by atoms with van der Waals surface area (Å²) in [5, 5.41) is 17.6. The molecule has 3 aromatic rings. The van der Waals surface area contributed by atoms with E-state index in [-0.39, 0.29) is 59.2 Å². The van der Waals surface area contributed by atoms with Crippen LogP contribution in [0.3, 0.4) is 0 Å². The van der Waals surface area contributed by atoms with Gasteiger partial charge in [-0.15, -0.1) is 0 Å². The van der Waals surface area contributed by atoms with Gasteiger partial charge in [0.25, 0.3) is 5.91 Å². The maximum atomic E-state index is 13.8. The molecule has 3 aromatic carbocycles. The molecular weight excluding hydrogens is 835 g/mol. The number of ether oxygens (including phenoxy) is 1. The molecular formula is C40H40ClF5N8O5S. The molecule has 0 aliphatic carbocycles. The van der Waals surface area contributed by atoms with Crippen molar-refractivity contribution in [2.45, 2.75) is 57.3 Å². The van der Waals surface area contributed by atoms with Crippen LogP contribution in [0, 0.1) is 11.3 Å². The minimum absolute atomic E-state index is 0.110. The second-order valence-corrected chi connectivity index (χ2v) is 15.7. The van der Waals surface area contributed by atoms with E-state index in [1.807, 2.05) is 4.90 Å². The molecule has 1 atom stereocenters. The number of benzene rings is 3. The van der Waals surface area contributed by atoms with E-state index in [0.717, 1.165) is 11.0 Å². The molecule has 13 nitrogen and oxygen atoms in total. The van der Waals surface area contributed by atoms with E-state index in [0.29, 0.717) is 61.6 Å². The number of amides is 4. The molecule has 318 valence electrons. The first-order chi connectivity index (χ1) is 28.3. The standard InChI is InChI=1S/C40H40ClF5N8O5S/c1-39(2)37(58)53(28-4-3-23(21-47)30(20-28)40(44,45)46)38(60)54(39)29-5-7-32(24(15-29)16-33(42)43)59-14-13-51-9-11-52(12-10-51)22-35(56)49-27-18-25(41)17-26(19-27)48-31-6-8-34(55)50-36(31)57/h3-5,7,15,17-20,31,33,48H,6,8-14,16,22H2,1-2H3,(H,49,56)(H,50,55,57). The van der Waals surface area contributed by atoms with Gasteiger partial charge in [0.15, 0.2) is 5.11 Å². The first-order valence-corrected chi connectivity index (χ1v) is 19.6. The Bertz CT molecular complexity index is 2230. The molecule has 3 fully saturated rings. The second kappa shape index (κ2) is 18.1. The highest BCUT2D eigenvalue weighted by atomic mass is 35.5. The number of nitrogens with zero attached hydrogens (tertiary/aromatic N) is 5. The number of rotatable bonds is 13. The minimum atomic E-state index is -4.87. The Labute approximate surface area is 352 Å². The van der Waals surface area contributed by atoms with Crippen LogP contribution >= 0.6 is 23.8 Å². The first kappa shape index (κ1) is 44.1. The lowest BCUT2D eigenvalue weighted by Gasteiger charge is -2.34. The Morgan fingerprint density at radius 3 is 2.37 bits per heavy atom. The van der Waals surface area contributed by atoms with Crippen molar-refractivity contribution < 1.29 is 45.9 Å². The van der Waals surface area contributed by atoms with E-state index in [1.54, 1.807) is 18.2 Å². The maximum absolute atomic E-state index is 13.8. The van der Waals surface area contributed by atoms with Crippen molar-refractivity contribution >= 4 is 75.3 Å². The predicted molar refractivity (Wildman–Crippen MR) is 217 cm³/mol. The molecule has 0 saturated carbocycles. The summed E-state index contributed by atoms with van der Waals surface area (Å²) >= 11 is 11.9. The number of hydrogen-bond acceptors (Lipinski definition) is 10. The number of piperazine rings is 1. The number of nitrogens with one attached hydrogen (secondary N) is 3. The van der Waals surface area contributed by atoms with Gasteiger partial charge in [-0.05, 0) is 87.1 Å². The zero-order valence-electron chi connectivity index (χ0n) is 32.4. The van der Waals surface area contributed by atoms with E-state index in [4.69, 9.17) is 28.6 Å². The first-order valence-electron chi connectivity index (χ1n) is 18.8. The van der Waals surface area contributed by atoms with Crippen LogP contribution < -0.4 is 30.5 Å². The van der Waals surface area contributed by atoms with E-state index >= 15 is 0 Å². The number of anilines is 4. The van der Waals surface area contributed by atoms with Gasteiger partial charge < -0.3 is 20.3 Å². The third-order valence-corrected chi connectivity index (χ3v) is 10.9. The fourth-order valence-electron chi connectivity index (χ4n) is 7.27. The Balaban J connectivity index is 1.03. The summed E-state index contributed by atoms with van der Waals surface area (Å²) in [6.07, 6.45) is -7.77. The molecule has 0 aromatic heterocycles. The lowest BCUT2D eigenvalue weighted by molar-refractivity contribution is -0.138. The summed E-state index contributed by atoms with van der Waals surface area (Å²) in [7, 11) is 0. The van der Waals surface area contributed by atoms with Crippen LogP contribution in [0.2, 0.25) is 5.02 Å². The van der Waals surface area contributed by atoms with Crippen LogP contribution in [-0.4, -0.2) is 102 Å². The summed E-state index contributed by atoms with van der Waals surface area (Å²) in [4.78, 5) is 56.7. The van der Waals surface area contributed by atoms with E-state index in [1.165, 1.54) is 49.1 Å². The molecule has 3 aliphatic heterocycles. The van der Waals surface area contributed by atoms with Crippen LogP contribution in [-0.2, 0) is 31.8 Å². The molecule has 1 unspecified atom stereocenters. The van der Waals surface area contributed by atoms with Gasteiger partial charge in [-0.1, -0.05) is 11.6 Å². The Morgan fingerprint density at radius 2 is 1.70 bits per heavy atom. The molecule has 6 rings (SSSR count). The maximum Gasteiger partial charge on any atom is 0.417 e. The van der Waals surface area contributed by atoms with E-state index < -0.39 is 53.5 Å². The molecule has 4 amide bonds. The highest BCUT2D eigenvalue weighted by molar-refractivity contribution is 7.81. The second-order valence-electron chi connectivity index (χ2n) is 14.9. The van der Waals surface area contributed by atoms with Crippen molar-refractivity contribution in [3.8, 4) is 11.8 Å². The number of piperidine rings is 1. The zero-order valence-corrected chi connectivity index (χ0v) is 33.9. The lowest BCUT2D eigenvalue weighted by Crippen LogP contribution is -2.49. The summed E-state index contributed by atoms with van der Waals surface area (Å²) in [5.74, 6) is -1.50. The van der Waals surface area contributed by atoms with Crippen LogP contribution in [0.5, 0.6) is 5.75 Å². The minimum Gasteiger partial charge on any atom is -0.492 e. The van der Waals surface area contributed by atoms with Gasteiger partial charge in [0.1, 0.15) is 23.9 Å². The number of nitriles is 1. The highest BCUT2D eigenvalue weighted by Gasteiger charge is 2.51. The number of carbonyl (C=O) groups is 4. The van der Waals surface area contributed by atoms with Crippen molar-refractivity contribution in [2.75, 3.05) is 66.3 Å². The summed E-state index contributed by atoms with van der Waals surface area (Å²) in [6, 6.07) is 13.0. The molecule has 0 radical (unpaired) electrons. The van der Waals surface area contributed by atoms with Crippen molar-refractivity contribution in [1.29, 1.82) is 5.26 Å². The van der Waals surface area contributed by atoms with Crippen LogP contribution in [0.4, 0.5) is 44.7 Å². The SMILES string of the molecule is CC1(C)C(=O)N(c2ccc(C#N)c(C(F)(F)F)c2)C(=S)N1c1ccc(OCCN2CCN(CC(=O)Nc3cc(Cl)cc(NC4CCC(=O)NC4=O)c3)CC2)c(CC(F)F)c1. The highest BCUT2D eigenvalue weighted by Crippen LogP contribution is 2.41. The normalized spacial score (nSPS) is 18.8. The Morgan fingerprint density at radius 1 is 1.02 bits per heavy atom. The fraction of sp³-hybridized carbons (Fsp3) is 0.400. The van der Waals surface area contributed by atoms with Crippen molar-refractivity contribution in [1.82, 2.24) is 15.1 Å². The van der Waals surface area contributed by atoms with Gasteiger partial charge in [0, 0.05) is 73.2 Å². The quantitative estimate of drug-likeness (QED) is 0.109. The molecule has 3 N–H and O–H groups in total. The van der Waals surface area contributed by atoms with Gasteiger partial charge in [-0.2, -0.15) is 18.4 Å². The van der Waals surface area contributed by atoms with Crippen LogP contribution in [0.25, 0.3) is 0 Å². The van der Waals surface area contributed by atoms with Crippen molar-refractivity contribution in [2.24, 2.45) is 0 Å². The topological polar surface area (TPSA) is 150 Å². The van der Waals surface area contributed by atoms with Crippen molar-refractivity contribution in [3.05, 3.63) is 76.3 Å². The lowest BCUT2D eigenvalue weighted by atomic mass is 10.0. The van der Waals surface area contributed by atoms with Crippen molar-refractivity contribution in [3.63, 3.8) is 0 Å². The predicted octanol–water partition coefficient (Wildman–Crippen LogP) is 5.81. The number of thiocarbonyl (C=S) groups is 1. The average Bonchev–Trinajstić information content (AvgIpc) is 3.34. The van der Waals surface area contributed by atoms with Gasteiger partial charge in [0.2, 0.25) is 24.1 Å². The van der Waals surface area contributed by atoms with Crippen LogP contribution in [0.1, 0.15) is 43.4 Å². The number of halogens is 6. The van der Waals surface area contributed by atoms with Gasteiger partial charge >= 0.3 is 6.18 Å². The Kier molecular flexibility index (Phi) is 13.3. The van der Waals surface area contributed by atoms with E-state index in [2.05, 4.69) is 20.9 Å². The smallest absolute Gasteiger partial charge is 0.417 e. The summed E-state index contributed by atoms with van der Waals surface area (Å²) in [6.45, 7) is 6.09. The largest absolute Gasteiger partial charge is 0.492 e. The number of imide groups is 1. The molecule has 3 aliphatic rings. The van der Waals surface area contributed by atoms with Gasteiger partial charge in [-0.3, -0.25) is 39.2 Å². The fourth-order valence-corrected chi connectivity index (χ4v) is 8.02. The molecule has 3 heterocycles. The third-order valence-electron chi connectivity index (χ3n) is 10.3. The summed E-state index contributed by atoms with van der Waals surface area (Å²) < 4.78 is 75.0. The summed E-state index contributed by atoms with van der Waals surface area (Å²) in [5.41, 5.74) is -2.13. The van der Waals surface area contributed by atoms with Crippen LogP contribution in [0.15, 0.2) is 54.6 Å². The number of hydrogen-bond donors (Lipinski definition) is 3. The third kappa shape index (κ3) is 10.1. The molecule has 3 saturated heterocycles. The average molecular weight is 875 g/mol. The zero-order chi connectivity index (χ0) is 43.5. The Hall–Kier alpha value is -5.42. The van der Waals surface area contributed by atoms with E-state index in [9.17, 15) is 46.4 Å². The molecule has 0 spiro atoms. The number of carbonyl (C=O) groups excluding carboxylic acids is 4. The molecule has 0 bridgehead atoms. The molecule has 20 heteroatoms. The van der Waals surface area contributed by atoms with Gasteiger partial charge in [0.05, 0.1) is 29.4 Å². The molecule has 60 heavy (non-hydrogen) atoms.